The molecule has 0 aromatic carbocycles. The van der Waals surface area contributed by atoms with Crippen LogP contribution in [0.4, 0.5) is 18.9 Å². The molecule has 0 spiro atoms. The molecule has 0 aliphatic rings. The Morgan fingerprint density at radius 2 is 1.86 bits per heavy atom. The number of anilines is 1. The highest BCUT2D eigenvalue weighted by atomic mass is 19.4. The first-order valence-corrected chi connectivity index (χ1v) is 6.14. The highest BCUT2D eigenvalue weighted by molar-refractivity contribution is 5.47. The van der Waals surface area contributed by atoms with Gasteiger partial charge in [-0.1, -0.05) is 0 Å². The largest absolute Gasteiger partial charge is 0.433 e. The van der Waals surface area contributed by atoms with Crippen LogP contribution in [0.5, 0.6) is 0 Å². The first-order chi connectivity index (χ1) is 10.2. The van der Waals surface area contributed by atoms with Crippen LogP contribution in [-0.2, 0) is 11.8 Å². The minimum Gasteiger partial charge on any atom is -0.389 e. The van der Waals surface area contributed by atoms with Crippen molar-refractivity contribution in [3.63, 3.8) is 0 Å². The topological polar surface area (TPSA) is 110 Å². The lowest BCUT2D eigenvalue weighted by Crippen LogP contribution is -2.54. The van der Waals surface area contributed by atoms with Gasteiger partial charge in [-0.3, -0.25) is 4.98 Å². The molecule has 0 saturated carbocycles. The van der Waals surface area contributed by atoms with Crippen molar-refractivity contribution in [1.29, 1.82) is 0 Å². The van der Waals surface area contributed by atoms with Crippen molar-refractivity contribution in [2.45, 2.75) is 24.9 Å². The second-order valence-electron chi connectivity index (χ2n) is 4.56. The van der Waals surface area contributed by atoms with Crippen LogP contribution in [0.15, 0.2) is 31.0 Å². The SMILES string of the molecule is CC(O)C(N)(Nc1ccnc(C(F)(F)F)c1)c1ncncn1. The molecule has 0 fully saturated rings. The molecule has 2 atom stereocenters. The Balaban J connectivity index is 2.38. The Morgan fingerprint density at radius 3 is 2.41 bits per heavy atom. The molecule has 118 valence electrons. The predicted octanol–water partition coefficient (Wildman–Crippen LogP) is 0.890. The van der Waals surface area contributed by atoms with E-state index in [-0.39, 0.29) is 11.5 Å². The molecule has 4 N–H and O–H groups in total. The second-order valence-corrected chi connectivity index (χ2v) is 4.56. The second kappa shape index (κ2) is 5.81. The van der Waals surface area contributed by atoms with Crippen molar-refractivity contribution in [2.24, 2.45) is 5.73 Å². The number of nitrogens with two attached hydrogens (primary N) is 1. The van der Waals surface area contributed by atoms with Gasteiger partial charge in [0.2, 0.25) is 0 Å². The highest BCUT2D eigenvalue weighted by Crippen LogP contribution is 2.30. The summed E-state index contributed by atoms with van der Waals surface area (Å²) in [6.07, 6.45) is -2.46. The predicted molar refractivity (Wildman–Crippen MR) is 70.2 cm³/mol. The van der Waals surface area contributed by atoms with Crippen molar-refractivity contribution < 1.29 is 18.3 Å². The smallest absolute Gasteiger partial charge is 0.389 e. The fraction of sp³-hybridized carbons (Fsp3) is 0.333. The monoisotopic (exact) mass is 314 g/mol. The zero-order valence-electron chi connectivity index (χ0n) is 11.4. The van der Waals surface area contributed by atoms with Crippen LogP contribution in [0.3, 0.4) is 0 Å². The molecule has 2 rings (SSSR count). The number of aliphatic hydroxyl groups excluding tert-OH is 1. The summed E-state index contributed by atoms with van der Waals surface area (Å²) in [5.74, 6) is -0.0112. The van der Waals surface area contributed by atoms with E-state index in [4.69, 9.17) is 5.73 Å². The summed E-state index contributed by atoms with van der Waals surface area (Å²) in [6.45, 7) is 1.36. The van der Waals surface area contributed by atoms with Gasteiger partial charge in [0.15, 0.2) is 11.5 Å². The lowest BCUT2D eigenvalue weighted by molar-refractivity contribution is -0.141. The fourth-order valence-corrected chi connectivity index (χ4v) is 1.70. The van der Waals surface area contributed by atoms with E-state index in [1.54, 1.807) is 0 Å². The number of hydrogen-bond donors (Lipinski definition) is 3. The number of nitrogens with zero attached hydrogens (tertiary/aromatic N) is 4. The highest BCUT2D eigenvalue weighted by Gasteiger charge is 2.37. The average Bonchev–Trinajstić information content (AvgIpc) is 2.47. The molecule has 0 saturated heterocycles. The molecule has 0 aliphatic carbocycles. The fourth-order valence-electron chi connectivity index (χ4n) is 1.70. The van der Waals surface area contributed by atoms with Gasteiger partial charge in [0.05, 0.1) is 6.10 Å². The van der Waals surface area contributed by atoms with Crippen molar-refractivity contribution in [3.8, 4) is 0 Å². The molecule has 0 radical (unpaired) electrons. The molecule has 2 aromatic heterocycles. The van der Waals surface area contributed by atoms with E-state index in [0.29, 0.717) is 0 Å². The third-order valence-electron chi connectivity index (χ3n) is 2.92. The maximum Gasteiger partial charge on any atom is 0.433 e. The summed E-state index contributed by atoms with van der Waals surface area (Å²) in [5.41, 5.74) is 3.29. The maximum atomic E-state index is 12.7. The van der Waals surface area contributed by atoms with Crippen molar-refractivity contribution in [3.05, 3.63) is 42.5 Å². The van der Waals surface area contributed by atoms with E-state index in [1.165, 1.54) is 25.6 Å². The summed E-state index contributed by atoms with van der Waals surface area (Å²) >= 11 is 0. The van der Waals surface area contributed by atoms with E-state index < -0.39 is 23.6 Å². The maximum absolute atomic E-state index is 12.7. The van der Waals surface area contributed by atoms with Crippen LogP contribution in [0, 0.1) is 0 Å². The van der Waals surface area contributed by atoms with Crippen molar-refractivity contribution in [1.82, 2.24) is 19.9 Å². The number of halogens is 3. The molecule has 0 aliphatic heterocycles. The minimum absolute atomic E-state index is 0.0112. The zero-order valence-corrected chi connectivity index (χ0v) is 11.4. The number of nitrogens with one attached hydrogen (secondary N) is 1. The summed E-state index contributed by atoms with van der Waals surface area (Å²) in [7, 11) is 0. The molecular formula is C12H13F3N6O. The molecule has 10 heteroatoms. The van der Waals surface area contributed by atoms with Gasteiger partial charge >= 0.3 is 6.18 Å². The summed E-state index contributed by atoms with van der Waals surface area (Å²) in [5, 5.41) is 12.5. The third kappa shape index (κ3) is 3.28. The van der Waals surface area contributed by atoms with Crippen LogP contribution < -0.4 is 11.1 Å². The normalized spacial score (nSPS) is 15.9. The lowest BCUT2D eigenvalue weighted by Gasteiger charge is -2.32. The van der Waals surface area contributed by atoms with Crippen LogP contribution in [0.1, 0.15) is 18.4 Å². The van der Waals surface area contributed by atoms with Crippen LogP contribution in [0.25, 0.3) is 0 Å². The molecular weight excluding hydrogens is 301 g/mol. The van der Waals surface area contributed by atoms with Crippen molar-refractivity contribution in [2.75, 3.05) is 5.32 Å². The van der Waals surface area contributed by atoms with Gasteiger partial charge in [-0.2, -0.15) is 13.2 Å². The number of rotatable bonds is 4. The third-order valence-corrected chi connectivity index (χ3v) is 2.92. The average molecular weight is 314 g/mol. The Hall–Kier alpha value is -2.33. The van der Waals surface area contributed by atoms with Gasteiger partial charge in [-0.15, -0.1) is 0 Å². The van der Waals surface area contributed by atoms with Crippen LogP contribution >= 0.6 is 0 Å². The summed E-state index contributed by atoms with van der Waals surface area (Å²) < 4.78 is 38.0. The van der Waals surface area contributed by atoms with E-state index in [9.17, 15) is 18.3 Å². The van der Waals surface area contributed by atoms with Gasteiger partial charge in [0.25, 0.3) is 0 Å². The number of hydrogen-bond acceptors (Lipinski definition) is 7. The van der Waals surface area contributed by atoms with E-state index in [0.717, 1.165) is 12.3 Å². The first-order valence-electron chi connectivity index (χ1n) is 6.14. The Morgan fingerprint density at radius 1 is 1.23 bits per heavy atom. The van der Waals surface area contributed by atoms with Gasteiger partial charge in [0.1, 0.15) is 18.3 Å². The molecule has 2 unspecified atom stereocenters. The van der Waals surface area contributed by atoms with Gasteiger partial charge < -0.3 is 16.2 Å². The lowest BCUT2D eigenvalue weighted by atomic mass is 10.0. The summed E-state index contributed by atoms with van der Waals surface area (Å²) in [6, 6.07) is 2.08. The van der Waals surface area contributed by atoms with Gasteiger partial charge in [0, 0.05) is 11.9 Å². The molecule has 0 amide bonds. The minimum atomic E-state index is -4.59. The molecule has 7 nitrogen and oxygen atoms in total. The van der Waals surface area contributed by atoms with Crippen LogP contribution in [-0.4, -0.2) is 31.1 Å². The quantitative estimate of drug-likeness (QED) is 0.719. The Labute approximate surface area is 123 Å². The Kier molecular flexibility index (Phi) is 4.24. The number of alkyl halides is 3. The van der Waals surface area contributed by atoms with Crippen molar-refractivity contribution >= 4 is 5.69 Å². The van der Waals surface area contributed by atoms with Gasteiger partial charge in [-0.25, -0.2) is 15.0 Å². The van der Waals surface area contributed by atoms with E-state index in [2.05, 4.69) is 25.3 Å². The van der Waals surface area contributed by atoms with Crippen LogP contribution in [0.2, 0.25) is 0 Å². The number of aliphatic hydroxyl groups is 1. The van der Waals surface area contributed by atoms with E-state index in [1.807, 2.05) is 0 Å². The number of aromatic nitrogens is 4. The molecule has 2 heterocycles. The molecule has 0 bridgehead atoms. The molecule has 2 aromatic rings. The zero-order chi connectivity index (χ0) is 16.4. The van der Waals surface area contributed by atoms with E-state index >= 15 is 0 Å². The number of pyridine rings is 1. The molecule has 22 heavy (non-hydrogen) atoms. The van der Waals surface area contributed by atoms with Gasteiger partial charge in [-0.05, 0) is 19.1 Å². The Bertz CT molecular complexity index is 636. The first kappa shape index (κ1) is 16.0. The standard InChI is InChI=1S/C12H13F3N6O/c1-7(22)11(16,10-19-5-17-6-20-10)21-8-2-3-18-9(4-8)12(13,14)15/h2-7,22H,16H2,1H3,(H,18,21). The summed E-state index contributed by atoms with van der Waals surface area (Å²) in [4.78, 5) is 14.5.